The number of aliphatic hydroxyl groups excluding tert-OH is 1. The molecule has 4 nitrogen and oxygen atoms in total. The Hall–Kier alpha value is -0.660. The molecule has 1 aromatic rings. The van der Waals surface area contributed by atoms with Crippen molar-refractivity contribution in [2.45, 2.75) is 19.1 Å². The minimum Gasteiger partial charge on any atom is -0.395 e. The summed E-state index contributed by atoms with van der Waals surface area (Å²) in [6.07, 6.45) is 0. The van der Waals surface area contributed by atoms with E-state index in [0.29, 0.717) is 11.3 Å². The quantitative estimate of drug-likeness (QED) is 0.890. The molecule has 2 N–H and O–H groups in total. The Labute approximate surface area is 108 Å². The highest BCUT2D eigenvalue weighted by Crippen LogP contribution is 2.25. The van der Waals surface area contributed by atoms with Crippen molar-refractivity contribution < 1.29 is 17.9 Å². The van der Waals surface area contributed by atoms with E-state index in [1.54, 1.807) is 6.92 Å². The Morgan fingerprint density at radius 3 is 2.65 bits per heavy atom. The number of halogens is 2. The molecular formula is C10H13BrFNO3S. The topological polar surface area (TPSA) is 66.4 Å². The van der Waals surface area contributed by atoms with Gasteiger partial charge in [0, 0.05) is 0 Å². The first-order chi connectivity index (χ1) is 7.77. The predicted octanol–water partition coefficient (Wildman–Crippen LogP) is 2.02. The molecule has 0 aliphatic carbocycles. The van der Waals surface area contributed by atoms with Gasteiger partial charge >= 0.3 is 0 Å². The lowest BCUT2D eigenvalue weighted by Crippen LogP contribution is -2.28. The minimum atomic E-state index is -3.66. The van der Waals surface area contributed by atoms with Crippen molar-refractivity contribution in [2.75, 3.05) is 11.3 Å². The molecule has 0 saturated carbocycles. The minimum absolute atomic E-state index is 0.178. The summed E-state index contributed by atoms with van der Waals surface area (Å²) in [6.45, 7) is 2.50. The average Bonchev–Trinajstić information content (AvgIpc) is 2.24. The van der Waals surface area contributed by atoms with Gasteiger partial charge in [0.05, 0.1) is 16.8 Å². The van der Waals surface area contributed by atoms with Crippen LogP contribution in [0.4, 0.5) is 10.1 Å². The summed E-state index contributed by atoms with van der Waals surface area (Å²) in [5.74, 6) is -0.458. The standard InChI is InChI=1S/C10H13BrFNO3S/c1-6-3-9(12)8(11)4-10(6)13-17(15,16)7(2)5-14/h3-4,7,13-14H,5H2,1-2H3. The molecule has 0 heterocycles. The lowest BCUT2D eigenvalue weighted by atomic mass is 10.2. The normalized spacial score (nSPS) is 13.5. The first-order valence-corrected chi connectivity index (χ1v) is 7.20. The van der Waals surface area contributed by atoms with Crippen molar-refractivity contribution in [1.29, 1.82) is 0 Å². The average molecular weight is 326 g/mol. The maximum Gasteiger partial charge on any atom is 0.237 e. The Bertz CT molecular complexity index is 519. The van der Waals surface area contributed by atoms with Gasteiger partial charge in [-0.3, -0.25) is 4.72 Å². The fraction of sp³-hybridized carbons (Fsp3) is 0.400. The van der Waals surface area contributed by atoms with Crippen molar-refractivity contribution >= 4 is 31.6 Å². The lowest BCUT2D eigenvalue weighted by Gasteiger charge is -2.14. The van der Waals surface area contributed by atoms with Crippen molar-refractivity contribution in [3.05, 3.63) is 28.0 Å². The summed E-state index contributed by atoms with van der Waals surface area (Å²) in [4.78, 5) is 0. The molecule has 0 aromatic heterocycles. The largest absolute Gasteiger partial charge is 0.395 e. The van der Waals surface area contributed by atoms with Gasteiger partial charge < -0.3 is 5.11 Å². The van der Waals surface area contributed by atoms with Crippen molar-refractivity contribution in [3.63, 3.8) is 0 Å². The van der Waals surface area contributed by atoms with Crippen LogP contribution in [0.3, 0.4) is 0 Å². The van der Waals surface area contributed by atoms with Crippen LogP contribution in [0.15, 0.2) is 16.6 Å². The number of aliphatic hydroxyl groups is 1. The first kappa shape index (κ1) is 14.4. The highest BCUT2D eigenvalue weighted by atomic mass is 79.9. The molecule has 17 heavy (non-hydrogen) atoms. The van der Waals surface area contributed by atoms with Crippen molar-refractivity contribution in [2.24, 2.45) is 0 Å². The van der Waals surface area contributed by atoms with Crippen molar-refractivity contribution in [1.82, 2.24) is 0 Å². The van der Waals surface area contributed by atoms with Crippen LogP contribution in [0, 0.1) is 12.7 Å². The fourth-order valence-corrected chi connectivity index (χ4v) is 2.38. The van der Waals surface area contributed by atoms with Gasteiger partial charge in [0.25, 0.3) is 0 Å². The van der Waals surface area contributed by atoms with E-state index in [9.17, 15) is 12.8 Å². The van der Waals surface area contributed by atoms with Gasteiger partial charge in [-0.2, -0.15) is 0 Å². The third-order valence-corrected chi connectivity index (χ3v) is 4.63. The summed E-state index contributed by atoms with van der Waals surface area (Å²) in [5.41, 5.74) is 0.762. The number of rotatable bonds is 4. The van der Waals surface area contributed by atoms with Crippen LogP contribution in [0.5, 0.6) is 0 Å². The Balaban J connectivity index is 3.08. The summed E-state index contributed by atoms with van der Waals surface area (Å²) in [5, 5.41) is 7.90. The van der Waals surface area contributed by atoms with Crippen LogP contribution in [0.2, 0.25) is 0 Å². The number of hydrogen-bond donors (Lipinski definition) is 2. The summed E-state index contributed by atoms with van der Waals surface area (Å²) >= 11 is 2.98. The Morgan fingerprint density at radius 1 is 1.53 bits per heavy atom. The molecule has 0 bridgehead atoms. The van der Waals surface area contributed by atoms with E-state index < -0.39 is 27.7 Å². The van der Waals surface area contributed by atoms with Crippen LogP contribution in [0.1, 0.15) is 12.5 Å². The second kappa shape index (κ2) is 5.32. The fourth-order valence-electron chi connectivity index (χ4n) is 1.11. The zero-order valence-corrected chi connectivity index (χ0v) is 11.8. The van der Waals surface area contributed by atoms with Gasteiger partial charge in [-0.05, 0) is 47.5 Å². The molecule has 7 heteroatoms. The van der Waals surface area contributed by atoms with E-state index in [0.717, 1.165) is 0 Å². The number of hydrogen-bond acceptors (Lipinski definition) is 3. The van der Waals surface area contributed by atoms with Crippen LogP contribution >= 0.6 is 15.9 Å². The van der Waals surface area contributed by atoms with E-state index in [2.05, 4.69) is 20.7 Å². The molecular weight excluding hydrogens is 313 g/mol. The summed E-state index contributed by atoms with van der Waals surface area (Å²) < 4.78 is 39.1. The lowest BCUT2D eigenvalue weighted by molar-refractivity contribution is 0.296. The molecule has 0 aliphatic rings. The molecule has 0 saturated heterocycles. The molecule has 0 fully saturated rings. The maximum absolute atomic E-state index is 13.2. The van der Waals surface area contributed by atoms with Crippen LogP contribution < -0.4 is 4.72 Å². The zero-order chi connectivity index (χ0) is 13.2. The number of benzene rings is 1. The zero-order valence-electron chi connectivity index (χ0n) is 9.37. The number of nitrogens with one attached hydrogen (secondary N) is 1. The maximum atomic E-state index is 13.2. The molecule has 1 aromatic carbocycles. The van der Waals surface area contributed by atoms with E-state index in [4.69, 9.17) is 5.11 Å². The van der Waals surface area contributed by atoms with Gasteiger partial charge in [-0.15, -0.1) is 0 Å². The Morgan fingerprint density at radius 2 is 2.12 bits per heavy atom. The van der Waals surface area contributed by atoms with E-state index in [1.165, 1.54) is 19.1 Å². The van der Waals surface area contributed by atoms with Crippen LogP contribution in [-0.2, 0) is 10.0 Å². The smallest absolute Gasteiger partial charge is 0.237 e. The van der Waals surface area contributed by atoms with Gasteiger partial charge in [0.15, 0.2) is 0 Å². The molecule has 1 atom stereocenters. The summed E-state index contributed by atoms with van der Waals surface area (Å²) in [6, 6.07) is 2.58. The molecule has 1 unspecified atom stereocenters. The molecule has 0 spiro atoms. The van der Waals surface area contributed by atoms with Crippen molar-refractivity contribution in [3.8, 4) is 0 Å². The van der Waals surface area contributed by atoms with Crippen LogP contribution in [-0.4, -0.2) is 25.4 Å². The van der Waals surface area contributed by atoms with Crippen LogP contribution in [0.25, 0.3) is 0 Å². The third kappa shape index (κ3) is 3.40. The predicted molar refractivity (Wildman–Crippen MR) is 67.9 cm³/mol. The molecule has 1 rings (SSSR count). The van der Waals surface area contributed by atoms with E-state index in [1.807, 2.05) is 0 Å². The third-order valence-electron chi connectivity index (χ3n) is 2.31. The van der Waals surface area contributed by atoms with Gasteiger partial charge in [0.1, 0.15) is 11.1 Å². The highest BCUT2D eigenvalue weighted by Gasteiger charge is 2.20. The van der Waals surface area contributed by atoms with E-state index >= 15 is 0 Å². The van der Waals surface area contributed by atoms with Gasteiger partial charge in [-0.1, -0.05) is 0 Å². The number of aryl methyl sites for hydroxylation is 1. The number of anilines is 1. The van der Waals surface area contributed by atoms with Gasteiger partial charge in [0.2, 0.25) is 10.0 Å². The van der Waals surface area contributed by atoms with E-state index in [-0.39, 0.29) is 4.47 Å². The Kier molecular flexibility index (Phi) is 4.51. The molecule has 0 radical (unpaired) electrons. The second-order valence-corrected chi connectivity index (χ2v) is 6.67. The second-order valence-electron chi connectivity index (χ2n) is 3.72. The SMILES string of the molecule is Cc1cc(F)c(Br)cc1NS(=O)(=O)C(C)CO. The van der Waals surface area contributed by atoms with Gasteiger partial charge in [-0.25, -0.2) is 12.8 Å². The molecule has 96 valence electrons. The number of sulfonamides is 1. The first-order valence-electron chi connectivity index (χ1n) is 4.86. The summed E-state index contributed by atoms with van der Waals surface area (Å²) in [7, 11) is -3.66. The highest BCUT2D eigenvalue weighted by molar-refractivity contribution is 9.10. The molecule has 0 aliphatic heterocycles. The monoisotopic (exact) mass is 325 g/mol. The molecule has 0 amide bonds.